The molecule has 2 aliphatic rings. The Morgan fingerprint density at radius 3 is 2.67 bits per heavy atom. The number of amides is 1. The molecule has 2 aliphatic heterocycles. The molecule has 3 heterocycles. The first kappa shape index (κ1) is 26.5. The largest absolute Gasteiger partial charge is 0.491 e. The maximum atomic E-state index is 13.4. The third-order valence-electron chi connectivity index (χ3n) is 7.34. The number of hydrogen-bond donors (Lipinski definition) is 1. The van der Waals surface area contributed by atoms with Gasteiger partial charge in [0.25, 0.3) is 5.91 Å². The summed E-state index contributed by atoms with van der Waals surface area (Å²) in [4.78, 5) is 22.7. The Morgan fingerprint density at radius 1 is 1.02 bits per heavy atom. The molecule has 4 aromatic rings. The number of nitrogens with zero attached hydrogens (tertiary/aromatic N) is 2. The first-order chi connectivity index (χ1) is 19.5. The van der Waals surface area contributed by atoms with Crippen LogP contribution in [0.15, 0.2) is 71.9 Å². The molecular weight excluding hydrogens is 530 g/mol. The van der Waals surface area contributed by atoms with Gasteiger partial charge in [-0.05, 0) is 78.9 Å². The van der Waals surface area contributed by atoms with Crippen LogP contribution in [0.25, 0.3) is 22.2 Å². The minimum Gasteiger partial charge on any atom is -0.491 e. The van der Waals surface area contributed by atoms with Crippen molar-refractivity contribution in [3.8, 4) is 16.9 Å². The van der Waals surface area contributed by atoms with Crippen LogP contribution in [0.4, 0.5) is 0 Å². The third-order valence-corrected chi connectivity index (χ3v) is 9.03. The van der Waals surface area contributed by atoms with E-state index < -0.39 is 9.84 Å². The van der Waals surface area contributed by atoms with Crippen molar-refractivity contribution >= 4 is 26.8 Å². The molecule has 1 atom stereocenters. The zero-order valence-corrected chi connectivity index (χ0v) is 22.9. The minimum absolute atomic E-state index is 0.0681. The normalized spacial score (nSPS) is 17.7. The van der Waals surface area contributed by atoms with E-state index >= 15 is 0 Å². The second kappa shape index (κ2) is 11.4. The van der Waals surface area contributed by atoms with Crippen LogP contribution in [0, 0.1) is 0 Å². The number of H-pyrrole nitrogens is 1. The molecule has 1 saturated heterocycles. The molecule has 0 saturated carbocycles. The summed E-state index contributed by atoms with van der Waals surface area (Å²) >= 11 is 0. The number of carbonyl (C=O) groups excluding carboxylic acids is 1. The van der Waals surface area contributed by atoms with Gasteiger partial charge in [-0.3, -0.25) is 4.79 Å². The Morgan fingerprint density at radius 2 is 1.85 bits per heavy atom. The number of hydrogen-bond acceptors (Lipinski definition) is 7. The number of sulfone groups is 1. The van der Waals surface area contributed by atoms with E-state index in [1.165, 1.54) is 12.1 Å². The number of benzene rings is 3. The van der Waals surface area contributed by atoms with E-state index in [2.05, 4.69) is 22.1 Å². The van der Waals surface area contributed by atoms with Gasteiger partial charge in [-0.15, -0.1) is 0 Å². The second-order valence-corrected chi connectivity index (χ2v) is 12.2. The van der Waals surface area contributed by atoms with Gasteiger partial charge in [0, 0.05) is 24.3 Å². The molecule has 208 valence electrons. The molecule has 1 fully saturated rings. The first-order valence-corrected chi connectivity index (χ1v) is 15.2. The molecule has 1 aromatic heterocycles. The van der Waals surface area contributed by atoms with Crippen molar-refractivity contribution in [3.05, 3.63) is 78.1 Å². The monoisotopic (exact) mass is 561 g/mol. The van der Waals surface area contributed by atoms with Crippen LogP contribution in [0.2, 0.25) is 0 Å². The van der Waals surface area contributed by atoms with Crippen molar-refractivity contribution in [3.63, 3.8) is 0 Å². The van der Waals surface area contributed by atoms with Crippen LogP contribution in [0.3, 0.4) is 0 Å². The van der Waals surface area contributed by atoms with Gasteiger partial charge in [-0.2, -0.15) is 0 Å². The molecule has 6 rings (SSSR count). The van der Waals surface area contributed by atoms with E-state index in [1.54, 1.807) is 23.4 Å². The maximum absolute atomic E-state index is 13.4. The molecule has 1 N–H and O–H groups in total. The standard InChI is InChI=1S/C30H31N3O6S/c34-30(21-4-8-25(9-5-21)40(35,36)16-15-39-29-3-1-2-13-38-29)33-12-14-37-28-11-7-22(17-24(28)19-33)23-6-10-26-27(18-23)32-20-31-26/h4-11,17-18,20,29H,1-3,12-16,19H2,(H,31,32). The molecule has 3 aromatic carbocycles. The van der Waals surface area contributed by atoms with E-state index in [1.807, 2.05) is 24.3 Å². The molecule has 0 spiro atoms. The third kappa shape index (κ3) is 5.74. The van der Waals surface area contributed by atoms with Crippen LogP contribution in [0.1, 0.15) is 35.2 Å². The van der Waals surface area contributed by atoms with Crippen LogP contribution in [0.5, 0.6) is 5.75 Å². The fourth-order valence-electron chi connectivity index (χ4n) is 5.10. The molecule has 10 heteroatoms. The number of nitrogens with one attached hydrogen (secondary N) is 1. The highest BCUT2D eigenvalue weighted by atomic mass is 32.2. The van der Waals surface area contributed by atoms with Crippen molar-refractivity contribution in [1.82, 2.24) is 14.9 Å². The lowest BCUT2D eigenvalue weighted by molar-refractivity contribution is -0.158. The van der Waals surface area contributed by atoms with E-state index in [0.717, 1.165) is 52.7 Å². The minimum atomic E-state index is -3.55. The summed E-state index contributed by atoms with van der Waals surface area (Å²) in [5, 5.41) is 0. The summed E-state index contributed by atoms with van der Waals surface area (Å²) < 4.78 is 42.7. The van der Waals surface area contributed by atoms with Crippen molar-refractivity contribution < 1.29 is 27.4 Å². The number of fused-ring (bicyclic) bond motifs is 2. The topological polar surface area (TPSA) is 111 Å². The molecular formula is C30H31N3O6S. The van der Waals surface area contributed by atoms with Crippen LogP contribution >= 0.6 is 0 Å². The second-order valence-electron chi connectivity index (χ2n) is 10.0. The van der Waals surface area contributed by atoms with E-state index in [0.29, 0.717) is 31.9 Å². The summed E-state index contributed by atoms with van der Waals surface area (Å²) in [6.07, 6.45) is 4.15. The average Bonchev–Trinajstić information content (AvgIpc) is 3.35. The Kier molecular flexibility index (Phi) is 7.55. The number of ether oxygens (including phenoxy) is 3. The molecule has 0 bridgehead atoms. The number of aromatic amines is 1. The zero-order valence-electron chi connectivity index (χ0n) is 22.0. The highest BCUT2D eigenvalue weighted by molar-refractivity contribution is 7.91. The van der Waals surface area contributed by atoms with Gasteiger partial charge < -0.3 is 24.1 Å². The number of aromatic nitrogens is 2. The van der Waals surface area contributed by atoms with E-state index in [-0.39, 0.29) is 29.5 Å². The van der Waals surface area contributed by atoms with Crippen LogP contribution in [-0.4, -0.2) is 67.6 Å². The van der Waals surface area contributed by atoms with E-state index in [4.69, 9.17) is 14.2 Å². The van der Waals surface area contributed by atoms with Crippen LogP contribution < -0.4 is 4.74 Å². The number of rotatable bonds is 7. The van der Waals surface area contributed by atoms with Crippen molar-refractivity contribution in [2.75, 3.05) is 32.1 Å². The van der Waals surface area contributed by atoms with Crippen molar-refractivity contribution in [2.24, 2.45) is 0 Å². The summed E-state index contributed by atoms with van der Waals surface area (Å²) in [6.45, 7) is 1.89. The lowest BCUT2D eigenvalue weighted by Gasteiger charge is -2.22. The smallest absolute Gasteiger partial charge is 0.254 e. The fraction of sp³-hybridized carbons (Fsp3) is 0.333. The molecule has 40 heavy (non-hydrogen) atoms. The van der Waals surface area contributed by atoms with Gasteiger partial charge in [-0.25, -0.2) is 13.4 Å². The summed E-state index contributed by atoms with van der Waals surface area (Å²) in [6, 6.07) is 18.2. The quantitative estimate of drug-likeness (QED) is 0.352. The van der Waals surface area contributed by atoms with Gasteiger partial charge in [0.15, 0.2) is 16.1 Å². The van der Waals surface area contributed by atoms with Crippen molar-refractivity contribution in [2.45, 2.75) is 37.0 Å². The lowest BCUT2D eigenvalue weighted by Crippen LogP contribution is -2.32. The Hall–Kier alpha value is -3.73. The molecule has 0 radical (unpaired) electrons. The summed E-state index contributed by atoms with van der Waals surface area (Å²) in [5.41, 5.74) is 5.25. The highest BCUT2D eigenvalue weighted by Gasteiger charge is 2.23. The Bertz CT molecular complexity index is 1610. The average molecular weight is 562 g/mol. The SMILES string of the molecule is O=C(c1ccc(S(=O)(=O)CCOC2CCCCO2)cc1)N1CCOc2ccc(-c3ccc4nc[nH]c4c3)cc2C1. The van der Waals surface area contributed by atoms with Gasteiger partial charge in [0.05, 0.1) is 41.2 Å². The highest BCUT2D eigenvalue weighted by Crippen LogP contribution is 2.31. The lowest BCUT2D eigenvalue weighted by atomic mass is 10.0. The maximum Gasteiger partial charge on any atom is 0.254 e. The molecule has 9 nitrogen and oxygen atoms in total. The first-order valence-electron chi connectivity index (χ1n) is 13.5. The Labute approximate surface area is 233 Å². The van der Waals surface area contributed by atoms with Crippen molar-refractivity contribution in [1.29, 1.82) is 0 Å². The van der Waals surface area contributed by atoms with Gasteiger partial charge in [0.2, 0.25) is 0 Å². The number of carbonyl (C=O) groups is 1. The predicted octanol–water partition coefficient (Wildman–Crippen LogP) is 4.58. The molecule has 1 amide bonds. The summed E-state index contributed by atoms with van der Waals surface area (Å²) in [5.74, 6) is 0.433. The van der Waals surface area contributed by atoms with Gasteiger partial charge in [0.1, 0.15) is 12.4 Å². The van der Waals surface area contributed by atoms with Gasteiger partial charge in [-0.1, -0.05) is 12.1 Å². The molecule has 0 aliphatic carbocycles. The van der Waals surface area contributed by atoms with E-state index in [9.17, 15) is 13.2 Å². The van der Waals surface area contributed by atoms with Gasteiger partial charge >= 0.3 is 0 Å². The number of imidazole rings is 1. The predicted molar refractivity (Wildman–Crippen MR) is 150 cm³/mol. The fourth-order valence-corrected chi connectivity index (χ4v) is 6.20. The Balaban J connectivity index is 1.13. The summed E-state index contributed by atoms with van der Waals surface area (Å²) in [7, 11) is -3.55. The zero-order chi connectivity index (χ0) is 27.5. The molecule has 1 unspecified atom stereocenters. The van der Waals surface area contributed by atoms with Crippen LogP contribution in [-0.2, 0) is 25.9 Å².